The summed E-state index contributed by atoms with van der Waals surface area (Å²) in [7, 11) is 0. The van der Waals surface area contributed by atoms with Crippen LogP contribution in [0.1, 0.15) is 53.3 Å². The predicted octanol–water partition coefficient (Wildman–Crippen LogP) is 4.80. The third-order valence-corrected chi connectivity index (χ3v) is 6.36. The van der Waals surface area contributed by atoms with Gasteiger partial charge >= 0.3 is 6.03 Å². The number of benzene rings is 1. The summed E-state index contributed by atoms with van der Waals surface area (Å²) in [4.78, 5) is 41.5. The standard InChI is InChI=1S/C23H26ClN7O2S/c1-12(2)25-20(32)15-7-5-6-8-16(15)27-22(33)30-23-29-19-13(3)10-31(11-17(19)34-23)18-9-14(4)26-21(24)28-18/h5-9,12-13H,10-11H2,1-4H3,(H,25,32)(H2,27,29,30,33). The number of aryl methyl sites for hydroxylation is 1. The molecule has 1 aromatic carbocycles. The fourth-order valence-electron chi connectivity index (χ4n) is 3.80. The first kappa shape index (κ1) is 23.9. The molecule has 34 heavy (non-hydrogen) atoms. The van der Waals surface area contributed by atoms with Crippen LogP contribution in [0.2, 0.25) is 5.28 Å². The Morgan fingerprint density at radius 1 is 1.18 bits per heavy atom. The van der Waals surface area contributed by atoms with Gasteiger partial charge < -0.3 is 15.5 Å². The fraction of sp³-hybridized carbons (Fsp3) is 0.348. The maximum atomic E-state index is 12.7. The van der Waals surface area contributed by atoms with Crippen molar-refractivity contribution in [3.63, 3.8) is 0 Å². The third kappa shape index (κ3) is 5.45. The topological polar surface area (TPSA) is 112 Å². The zero-order valence-electron chi connectivity index (χ0n) is 19.3. The number of nitrogens with one attached hydrogen (secondary N) is 3. The molecule has 2 aromatic heterocycles. The Balaban J connectivity index is 1.47. The van der Waals surface area contributed by atoms with Gasteiger partial charge in [-0.05, 0) is 44.5 Å². The summed E-state index contributed by atoms with van der Waals surface area (Å²) in [5, 5.41) is 9.13. The van der Waals surface area contributed by atoms with Crippen LogP contribution < -0.4 is 20.9 Å². The minimum Gasteiger partial charge on any atom is -0.351 e. The van der Waals surface area contributed by atoms with Crippen LogP contribution in [0.15, 0.2) is 30.3 Å². The van der Waals surface area contributed by atoms with E-state index < -0.39 is 6.03 Å². The van der Waals surface area contributed by atoms with Crippen LogP contribution >= 0.6 is 22.9 Å². The molecule has 0 spiro atoms. The largest absolute Gasteiger partial charge is 0.351 e. The zero-order chi connectivity index (χ0) is 24.4. The van der Waals surface area contributed by atoms with Crippen molar-refractivity contribution >= 4 is 51.5 Å². The minimum absolute atomic E-state index is 0.0140. The Bertz CT molecular complexity index is 1210. The Morgan fingerprint density at radius 2 is 1.94 bits per heavy atom. The van der Waals surface area contributed by atoms with E-state index in [0.717, 1.165) is 28.6 Å². The van der Waals surface area contributed by atoms with Gasteiger partial charge in [0.25, 0.3) is 5.91 Å². The number of carbonyl (C=O) groups is 2. The molecule has 3 N–H and O–H groups in total. The van der Waals surface area contributed by atoms with Gasteiger partial charge in [-0.3, -0.25) is 10.1 Å². The molecule has 1 unspecified atom stereocenters. The molecule has 3 amide bonds. The number of hydrogen-bond donors (Lipinski definition) is 3. The smallest absolute Gasteiger partial charge is 0.325 e. The molecule has 0 fully saturated rings. The van der Waals surface area contributed by atoms with Gasteiger partial charge in [-0.2, -0.15) is 0 Å². The number of amides is 3. The van der Waals surface area contributed by atoms with Crippen LogP contribution in [0.3, 0.4) is 0 Å². The lowest BCUT2D eigenvalue weighted by Crippen LogP contribution is -2.32. The first-order valence-electron chi connectivity index (χ1n) is 10.9. The van der Waals surface area contributed by atoms with E-state index >= 15 is 0 Å². The van der Waals surface area contributed by atoms with Crippen LogP contribution in [-0.2, 0) is 6.54 Å². The SMILES string of the molecule is Cc1cc(N2Cc3sc(NC(=O)Nc4ccccc4C(=O)NC(C)C)nc3C(C)C2)nc(Cl)n1. The summed E-state index contributed by atoms with van der Waals surface area (Å²) < 4.78 is 0. The number of nitrogens with zero attached hydrogens (tertiary/aromatic N) is 4. The van der Waals surface area contributed by atoms with Crippen molar-refractivity contribution in [1.29, 1.82) is 0 Å². The average molecular weight is 500 g/mol. The molecule has 0 saturated carbocycles. The third-order valence-electron chi connectivity index (χ3n) is 5.22. The number of thiazole rings is 1. The average Bonchev–Trinajstić information content (AvgIpc) is 3.15. The highest BCUT2D eigenvalue weighted by molar-refractivity contribution is 7.15. The monoisotopic (exact) mass is 499 g/mol. The lowest BCUT2D eigenvalue weighted by molar-refractivity contribution is 0.0944. The van der Waals surface area contributed by atoms with Crippen molar-refractivity contribution < 1.29 is 9.59 Å². The molecular weight excluding hydrogens is 474 g/mol. The van der Waals surface area contributed by atoms with Crippen LogP contribution in [-0.4, -0.2) is 39.5 Å². The van der Waals surface area contributed by atoms with Gasteiger partial charge in [-0.25, -0.2) is 19.7 Å². The van der Waals surface area contributed by atoms with Crippen LogP contribution in [0.5, 0.6) is 0 Å². The second kappa shape index (κ2) is 9.94. The molecule has 1 atom stereocenters. The van der Waals surface area contributed by atoms with Gasteiger partial charge in [0.15, 0.2) is 5.13 Å². The Kier molecular flexibility index (Phi) is 6.99. The van der Waals surface area contributed by atoms with E-state index in [4.69, 9.17) is 11.6 Å². The summed E-state index contributed by atoms with van der Waals surface area (Å²) >= 11 is 7.47. The molecule has 9 nitrogen and oxygen atoms in total. The second-order valence-corrected chi connectivity index (χ2v) is 9.92. The number of hydrogen-bond acceptors (Lipinski definition) is 7. The summed E-state index contributed by atoms with van der Waals surface area (Å²) in [5.41, 5.74) is 2.59. The molecule has 3 heterocycles. The van der Waals surface area contributed by atoms with Gasteiger partial charge in [0.1, 0.15) is 5.82 Å². The van der Waals surface area contributed by atoms with E-state index in [2.05, 4.69) is 42.7 Å². The number of anilines is 3. The van der Waals surface area contributed by atoms with Crippen molar-refractivity contribution in [2.75, 3.05) is 22.1 Å². The highest BCUT2D eigenvalue weighted by atomic mass is 35.5. The van der Waals surface area contributed by atoms with Crippen LogP contribution in [0.4, 0.5) is 21.4 Å². The van der Waals surface area contributed by atoms with Crippen molar-refractivity contribution in [2.45, 2.75) is 46.2 Å². The Hall–Kier alpha value is -3.24. The molecule has 0 radical (unpaired) electrons. The van der Waals surface area contributed by atoms with Crippen molar-refractivity contribution in [2.24, 2.45) is 0 Å². The number of aromatic nitrogens is 3. The molecule has 4 rings (SSSR count). The first-order chi connectivity index (χ1) is 16.2. The highest BCUT2D eigenvalue weighted by Crippen LogP contribution is 2.36. The maximum Gasteiger partial charge on any atom is 0.325 e. The van der Waals surface area contributed by atoms with Gasteiger partial charge in [0, 0.05) is 35.1 Å². The van der Waals surface area contributed by atoms with Crippen molar-refractivity contribution in [3.05, 3.63) is 57.4 Å². The van der Waals surface area contributed by atoms with Crippen molar-refractivity contribution in [1.82, 2.24) is 20.3 Å². The number of para-hydroxylation sites is 1. The lowest BCUT2D eigenvalue weighted by atomic mass is 10.0. The molecule has 0 saturated heterocycles. The van der Waals surface area contributed by atoms with E-state index in [1.54, 1.807) is 24.3 Å². The fourth-order valence-corrected chi connectivity index (χ4v) is 5.12. The van der Waals surface area contributed by atoms with E-state index in [0.29, 0.717) is 22.9 Å². The lowest BCUT2D eigenvalue weighted by Gasteiger charge is -2.31. The van der Waals surface area contributed by atoms with Crippen LogP contribution in [0, 0.1) is 6.92 Å². The van der Waals surface area contributed by atoms with E-state index in [1.807, 2.05) is 26.8 Å². The molecular formula is C23H26ClN7O2S. The van der Waals surface area contributed by atoms with Gasteiger partial charge in [-0.1, -0.05) is 30.4 Å². The molecule has 11 heteroatoms. The summed E-state index contributed by atoms with van der Waals surface area (Å²) in [6.07, 6.45) is 0. The molecule has 3 aromatic rings. The van der Waals surface area contributed by atoms with Crippen molar-refractivity contribution in [3.8, 4) is 0 Å². The first-order valence-corrected chi connectivity index (χ1v) is 12.1. The number of urea groups is 1. The number of fused-ring (bicyclic) bond motifs is 1. The normalized spacial score (nSPS) is 15.1. The quantitative estimate of drug-likeness (QED) is 0.435. The molecule has 178 valence electrons. The number of carbonyl (C=O) groups excluding carboxylic acids is 2. The van der Waals surface area contributed by atoms with Gasteiger partial charge in [-0.15, -0.1) is 0 Å². The second-order valence-electron chi connectivity index (χ2n) is 8.50. The van der Waals surface area contributed by atoms with E-state index in [1.165, 1.54) is 11.3 Å². The maximum absolute atomic E-state index is 12.7. The molecule has 1 aliphatic rings. The molecule has 0 bridgehead atoms. The Morgan fingerprint density at radius 3 is 2.68 bits per heavy atom. The van der Waals surface area contributed by atoms with Crippen LogP contribution in [0.25, 0.3) is 0 Å². The Labute approximate surface area is 207 Å². The van der Waals surface area contributed by atoms with Gasteiger partial charge in [0.2, 0.25) is 5.28 Å². The van der Waals surface area contributed by atoms with E-state index in [9.17, 15) is 9.59 Å². The molecule has 0 aliphatic carbocycles. The minimum atomic E-state index is -0.460. The number of halogens is 1. The zero-order valence-corrected chi connectivity index (χ0v) is 20.9. The summed E-state index contributed by atoms with van der Waals surface area (Å²) in [6.45, 7) is 9.09. The van der Waals surface area contributed by atoms with Gasteiger partial charge in [0.05, 0.1) is 23.5 Å². The highest BCUT2D eigenvalue weighted by Gasteiger charge is 2.28. The van der Waals surface area contributed by atoms with E-state index in [-0.39, 0.29) is 23.2 Å². The number of rotatable bonds is 5. The predicted molar refractivity (Wildman–Crippen MR) is 135 cm³/mol. The summed E-state index contributed by atoms with van der Waals surface area (Å²) in [5.74, 6) is 0.671. The molecule has 1 aliphatic heterocycles. The summed E-state index contributed by atoms with van der Waals surface area (Å²) in [6, 6.07) is 8.32.